The lowest BCUT2D eigenvalue weighted by atomic mass is 9.97. The van der Waals surface area contributed by atoms with E-state index < -0.39 is 0 Å². The molecule has 0 aliphatic rings. The zero-order valence-corrected chi connectivity index (χ0v) is 32.4. The summed E-state index contributed by atoms with van der Waals surface area (Å²) in [6.07, 6.45) is 0. The van der Waals surface area contributed by atoms with Crippen LogP contribution in [-0.4, -0.2) is 24.1 Å². The van der Waals surface area contributed by atoms with Crippen LogP contribution in [-0.2, 0) is 0 Å². The third kappa shape index (κ3) is 5.52. The minimum Gasteiger partial charge on any atom is -0.309 e. The molecule has 12 aromatic rings. The molecule has 0 amide bonds. The highest BCUT2D eigenvalue weighted by Gasteiger charge is 2.19. The number of benzene rings is 9. The number of aromatic nitrogens is 5. The molecule has 9 aromatic carbocycles. The van der Waals surface area contributed by atoms with Crippen LogP contribution < -0.4 is 0 Å². The first-order valence-corrected chi connectivity index (χ1v) is 20.3. The average molecular weight is 766 g/mol. The van der Waals surface area contributed by atoms with Gasteiger partial charge in [-0.3, -0.25) is 0 Å². The Bertz CT molecular complexity index is 3530. The zero-order valence-electron chi connectivity index (χ0n) is 32.4. The molecule has 0 atom stereocenters. The van der Waals surface area contributed by atoms with Crippen molar-refractivity contribution in [1.29, 1.82) is 0 Å². The molecule has 280 valence electrons. The molecule has 5 nitrogen and oxygen atoms in total. The van der Waals surface area contributed by atoms with Crippen LogP contribution in [0.5, 0.6) is 0 Å². The van der Waals surface area contributed by atoms with Gasteiger partial charge >= 0.3 is 0 Å². The van der Waals surface area contributed by atoms with E-state index in [-0.39, 0.29) is 0 Å². The van der Waals surface area contributed by atoms with Gasteiger partial charge in [0.25, 0.3) is 0 Å². The molecule has 60 heavy (non-hydrogen) atoms. The Hall–Kier alpha value is -8.15. The molecule has 3 heterocycles. The summed E-state index contributed by atoms with van der Waals surface area (Å²) in [5.41, 5.74) is 12.0. The summed E-state index contributed by atoms with van der Waals surface area (Å²) in [5, 5.41) is 7.36. The Morgan fingerprint density at radius 2 is 0.767 bits per heavy atom. The highest BCUT2D eigenvalue weighted by atomic mass is 15.0. The van der Waals surface area contributed by atoms with Crippen molar-refractivity contribution in [2.24, 2.45) is 0 Å². The van der Waals surface area contributed by atoms with Crippen LogP contribution in [0.4, 0.5) is 0 Å². The molecule has 0 fully saturated rings. The molecule has 0 aliphatic heterocycles. The summed E-state index contributed by atoms with van der Waals surface area (Å²) in [5.74, 6) is 1.91. The normalized spacial score (nSPS) is 11.7. The second kappa shape index (κ2) is 13.8. The maximum atomic E-state index is 5.05. The lowest BCUT2D eigenvalue weighted by Gasteiger charge is -2.12. The first kappa shape index (κ1) is 33.9. The van der Waals surface area contributed by atoms with Crippen LogP contribution in [0.25, 0.3) is 111 Å². The maximum absolute atomic E-state index is 5.05. The number of hydrogen-bond acceptors (Lipinski definition) is 3. The highest BCUT2D eigenvalue weighted by Crippen LogP contribution is 2.40. The van der Waals surface area contributed by atoms with Crippen LogP contribution >= 0.6 is 0 Å². The largest absolute Gasteiger partial charge is 0.309 e. The van der Waals surface area contributed by atoms with E-state index in [2.05, 4.69) is 161 Å². The van der Waals surface area contributed by atoms with E-state index in [1.165, 1.54) is 54.5 Å². The molecule has 0 N–H and O–H groups in total. The molecule has 0 unspecified atom stereocenters. The summed E-state index contributed by atoms with van der Waals surface area (Å²) >= 11 is 0. The van der Waals surface area contributed by atoms with Crippen LogP contribution in [0.3, 0.4) is 0 Å². The summed E-state index contributed by atoms with van der Waals surface area (Å²) in [6, 6.07) is 75.2. The van der Waals surface area contributed by atoms with Crippen LogP contribution in [0.2, 0.25) is 0 Å². The van der Waals surface area contributed by atoms with Crippen LogP contribution in [0.1, 0.15) is 0 Å². The van der Waals surface area contributed by atoms with Gasteiger partial charge in [-0.2, -0.15) is 0 Å². The predicted octanol–water partition coefficient (Wildman–Crippen LogP) is 13.9. The Labute approximate surface area is 346 Å². The van der Waals surface area contributed by atoms with Gasteiger partial charge in [-0.1, -0.05) is 158 Å². The number of para-hydroxylation sites is 3. The number of fused-ring (bicyclic) bond motifs is 8. The Balaban J connectivity index is 1.03. The quantitative estimate of drug-likeness (QED) is 0.169. The van der Waals surface area contributed by atoms with E-state index >= 15 is 0 Å². The summed E-state index contributed by atoms with van der Waals surface area (Å²) < 4.78 is 4.76. The van der Waals surface area contributed by atoms with E-state index in [1.54, 1.807) is 0 Å². The fourth-order valence-corrected chi connectivity index (χ4v) is 8.97. The van der Waals surface area contributed by atoms with Crippen molar-refractivity contribution in [2.45, 2.75) is 0 Å². The van der Waals surface area contributed by atoms with E-state index in [0.29, 0.717) is 17.5 Å². The predicted molar refractivity (Wildman–Crippen MR) is 248 cm³/mol. The maximum Gasteiger partial charge on any atom is 0.164 e. The molecule has 0 bridgehead atoms. The van der Waals surface area contributed by atoms with Gasteiger partial charge < -0.3 is 9.13 Å². The van der Waals surface area contributed by atoms with Gasteiger partial charge in [-0.05, 0) is 76.5 Å². The second-order valence-electron chi connectivity index (χ2n) is 15.3. The fourth-order valence-electron chi connectivity index (χ4n) is 8.97. The van der Waals surface area contributed by atoms with Crippen molar-refractivity contribution in [3.63, 3.8) is 0 Å². The molecule has 5 heteroatoms. The number of nitrogens with zero attached hydrogens (tertiary/aromatic N) is 5. The Morgan fingerprint density at radius 1 is 0.267 bits per heavy atom. The van der Waals surface area contributed by atoms with Crippen molar-refractivity contribution < 1.29 is 0 Å². The van der Waals surface area contributed by atoms with E-state index in [0.717, 1.165) is 39.1 Å². The lowest BCUT2D eigenvalue weighted by molar-refractivity contribution is 1.07. The van der Waals surface area contributed by atoms with Crippen LogP contribution in [0.15, 0.2) is 212 Å². The van der Waals surface area contributed by atoms with Crippen LogP contribution in [0, 0.1) is 0 Å². The minimum absolute atomic E-state index is 0.628. The fraction of sp³-hybridized carbons (Fsp3) is 0. The van der Waals surface area contributed by atoms with Crippen molar-refractivity contribution in [1.82, 2.24) is 24.1 Å². The van der Waals surface area contributed by atoms with E-state index in [1.807, 2.05) is 60.7 Å². The Kier molecular flexibility index (Phi) is 7.78. The molecule has 0 saturated heterocycles. The zero-order chi connectivity index (χ0) is 39.6. The smallest absolute Gasteiger partial charge is 0.164 e. The topological polar surface area (TPSA) is 48.5 Å². The summed E-state index contributed by atoms with van der Waals surface area (Å²) in [7, 11) is 0. The van der Waals surface area contributed by atoms with Gasteiger partial charge in [0.15, 0.2) is 17.5 Å². The Morgan fingerprint density at radius 3 is 1.48 bits per heavy atom. The first-order chi connectivity index (χ1) is 29.7. The standard InChI is InChI=1S/C55H35N5/c1-4-15-37(16-5-1)53-56-54(38-17-6-2-7-18-38)58-55(57-53)41-19-14-22-43(33-41)60-49-26-13-11-24-46(49)52-47-34-39(28-27-36(47)30-32-50(52)60)40-29-31-45-44-23-10-12-25-48(44)59(51(45)35-40)42-20-8-3-9-21-42/h1-35H. The molecule has 0 radical (unpaired) electrons. The third-order valence-electron chi connectivity index (χ3n) is 11.7. The molecule has 0 spiro atoms. The van der Waals surface area contributed by atoms with Gasteiger partial charge in [-0.25, -0.2) is 15.0 Å². The van der Waals surface area contributed by atoms with Crippen molar-refractivity contribution in [2.75, 3.05) is 0 Å². The number of hydrogen-bond donors (Lipinski definition) is 0. The molecule has 12 rings (SSSR count). The minimum atomic E-state index is 0.628. The van der Waals surface area contributed by atoms with E-state index in [4.69, 9.17) is 15.0 Å². The highest BCUT2D eigenvalue weighted by molar-refractivity contribution is 6.22. The SMILES string of the molecule is c1ccc(-c2nc(-c3ccccc3)nc(-c3cccc(-n4c5ccccc5c5c6cc(-c7ccc8c9ccccc9n(-c9ccccc9)c8c7)ccc6ccc54)c3)n2)cc1. The molecule has 3 aromatic heterocycles. The summed E-state index contributed by atoms with van der Waals surface area (Å²) in [6.45, 7) is 0. The van der Waals surface area contributed by atoms with Gasteiger partial charge in [0, 0.05) is 49.6 Å². The van der Waals surface area contributed by atoms with Crippen molar-refractivity contribution in [3.05, 3.63) is 212 Å². The van der Waals surface area contributed by atoms with Crippen molar-refractivity contribution in [3.8, 4) is 56.7 Å². The molecular weight excluding hydrogens is 731 g/mol. The van der Waals surface area contributed by atoms with Crippen molar-refractivity contribution >= 4 is 54.4 Å². The lowest BCUT2D eigenvalue weighted by Crippen LogP contribution is -2.01. The number of rotatable bonds is 6. The average Bonchev–Trinajstić information content (AvgIpc) is 3.85. The molecule has 0 aliphatic carbocycles. The van der Waals surface area contributed by atoms with Gasteiger partial charge in [-0.15, -0.1) is 0 Å². The first-order valence-electron chi connectivity index (χ1n) is 20.3. The van der Waals surface area contributed by atoms with Gasteiger partial charge in [0.2, 0.25) is 0 Å². The van der Waals surface area contributed by atoms with E-state index in [9.17, 15) is 0 Å². The third-order valence-corrected chi connectivity index (χ3v) is 11.7. The van der Waals surface area contributed by atoms with Gasteiger partial charge in [0.05, 0.1) is 22.1 Å². The molecule has 0 saturated carbocycles. The van der Waals surface area contributed by atoms with Gasteiger partial charge in [0.1, 0.15) is 0 Å². The summed E-state index contributed by atoms with van der Waals surface area (Å²) in [4.78, 5) is 15.0. The second-order valence-corrected chi connectivity index (χ2v) is 15.3. The molecular formula is C55H35N5. The monoisotopic (exact) mass is 765 g/mol.